The van der Waals surface area contributed by atoms with Crippen molar-refractivity contribution in [2.45, 2.75) is 38.8 Å². The van der Waals surface area contributed by atoms with Crippen LogP contribution in [0.5, 0.6) is 0 Å². The van der Waals surface area contributed by atoms with E-state index in [2.05, 4.69) is 23.4 Å². The average Bonchev–Trinajstić information content (AvgIpc) is 2.45. The summed E-state index contributed by atoms with van der Waals surface area (Å²) in [4.78, 5) is 0. The van der Waals surface area contributed by atoms with Crippen LogP contribution in [0.25, 0.3) is 0 Å². The Bertz CT molecular complexity index is 288. The number of aromatic nitrogens is 2. The number of hydrogen-bond donors (Lipinski definition) is 1. The van der Waals surface area contributed by atoms with Gasteiger partial charge in [-0.2, -0.15) is 5.10 Å². The fourth-order valence-corrected chi connectivity index (χ4v) is 1.93. The summed E-state index contributed by atoms with van der Waals surface area (Å²) in [6.07, 6.45) is 6.21. The van der Waals surface area contributed by atoms with Crippen LogP contribution in [0.1, 0.15) is 31.9 Å². The summed E-state index contributed by atoms with van der Waals surface area (Å²) in [5.74, 6) is 0.902. The Balaban J connectivity index is 1.76. The quantitative estimate of drug-likeness (QED) is 0.788. The van der Waals surface area contributed by atoms with Crippen LogP contribution in [0.3, 0.4) is 0 Å². The zero-order valence-corrected chi connectivity index (χ0v) is 9.03. The van der Waals surface area contributed by atoms with Gasteiger partial charge in [-0.15, -0.1) is 0 Å². The second-order valence-electron chi connectivity index (χ2n) is 4.34. The number of nitrogens with one attached hydrogen (secondary N) is 1. The summed E-state index contributed by atoms with van der Waals surface area (Å²) in [5.41, 5.74) is 1.14. The summed E-state index contributed by atoms with van der Waals surface area (Å²) in [5, 5.41) is 7.88. The minimum absolute atomic E-state index is 0.644. The maximum absolute atomic E-state index is 4.34. The molecule has 1 aromatic heterocycles. The average molecular weight is 193 g/mol. The first-order chi connectivity index (χ1) is 6.75. The molecule has 1 N–H and O–H groups in total. The minimum atomic E-state index is 0.644. The smallest absolute Gasteiger partial charge is 0.0762 e. The van der Waals surface area contributed by atoms with Gasteiger partial charge in [-0.05, 0) is 31.7 Å². The Morgan fingerprint density at radius 3 is 2.93 bits per heavy atom. The molecule has 0 bridgehead atoms. The summed E-state index contributed by atoms with van der Waals surface area (Å²) >= 11 is 0. The largest absolute Gasteiger partial charge is 0.308 e. The molecule has 1 heterocycles. The van der Waals surface area contributed by atoms with E-state index in [9.17, 15) is 0 Å². The fourth-order valence-electron chi connectivity index (χ4n) is 1.93. The molecule has 1 unspecified atom stereocenters. The molecule has 1 aliphatic carbocycles. The zero-order valence-electron chi connectivity index (χ0n) is 9.03. The second-order valence-corrected chi connectivity index (χ2v) is 4.34. The molecular weight excluding hydrogens is 174 g/mol. The summed E-state index contributed by atoms with van der Waals surface area (Å²) in [6, 6.07) is 2.71. The van der Waals surface area contributed by atoms with E-state index in [1.807, 2.05) is 17.9 Å². The Morgan fingerprint density at radius 1 is 1.64 bits per heavy atom. The maximum atomic E-state index is 4.34. The molecule has 1 fully saturated rings. The molecule has 1 aliphatic rings. The van der Waals surface area contributed by atoms with Crippen LogP contribution in [-0.2, 0) is 13.6 Å². The Hall–Kier alpha value is -0.830. The van der Waals surface area contributed by atoms with Crippen molar-refractivity contribution in [1.82, 2.24) is 15.1 Å². The first-order valence-corrected chi connectivity index (χ1v) is 5.47. The molecule has 2 rings (SSSR count). The van der Waals surface area contributed by atoms with Crippen molar-refractivity contribution in [1.29, 1.82) is 0 Å². The molecule has 0 saturated heterocycles. The molecule has 0 spiro atoms. The second kappa shape index (κ2) is 4.13. The van der Waals surface area contributed by atoms with E-state index in [0.29, 0.717) is 6.04 Å². The third-order valence-corrected chi connectivity index (χ3v) is 3.23. The highest BCUT2D eigenvalue weighted by atomic mass is 15.3. The number of hydrogen-bond acceptors (Lipinski definition) is 2. The first kappa shape index (κ1) is 9.71. The van der Waals surface area contributed by atoms with Crippen LogP contribution in [0.4, 0.5) is 0 Å². The Labute approximate surface area is 85.5 Å². The lowest BCUT2D eigenvalue weighted by molar-refractivity contribution is 0.239. The van der Waals surface area contributed by atoms with Gasteiger partial charge in [0.2, 0.25) is 0 Å². The maximum Gasteiger partial charge on any atom is 0.0762 e. The third-order valence-electron chi connectivity index (χ3n) is 3.23. The van der Waals surface area contributed by atoms with Gasteiger partial charge >= 0.3 is 0 Å². The van der Waals surface area contributed by atoms with Gasteiger partial charge in [0, 0.05) is 25.8 Å². The SMILES string of the molecule is CC(NCc1ccn(C)n1)C1CCC1. The molecule has 1 aromatic rings. The molecule has 0 aromatic carbocycles. The van der Waals surface area contributed by atoms with Gasteiger partial charge in [-0.3, -0.25) is 4.68 Å². The number of nitrogens with zero attached hydrogens (tertiary/aromatic N) is 2. The van der Waals surface area contributed by atoms with Crippen LogP contribution in [-0.4, -0.2) is 15.8 Å². The van der Waals surface area contributed by atoms with E-state index in [4.69, 9.17) is 0 Å². The van der Waals surface area contributed by atoms with E-state index in [-0.39, 0.29) is 0 Å². The molecular formula is C11H19N3. The predicted molar refractivity (Wildman–Crippen MR) is 56.9 cm³/mol. The predicted octanol–water partition coefficient (Wildman–Crippen LogP) is 1.70. The highest BCUT2D eigenvalue weighted by Gasteiger charge is 2.23. The van der Waals surface area contributed by atoms with Crippen molar-refractivity contribution >= 4 is 0 Å². The van der Waals surface area contributed by atoms with Gasteiger partial charge in [0.25, 0.3) is 0 Å². The molecule has 1 atom stereocenters. The highest BCUT2D eigenvalue weighted by Crippen LogP contribution is 2.29. The van der Waals surface area contributed by atoms with Gasteiger partial charge in [0.15, 0.2) is 0 Å². The van der Waals surface area contributed by atoms with Crippen molar-refractivity contribution < 1.29 is 0 Å². The molecule has 1 saturated carbocycles. The fraction of sp³-hybridized carbons (Fsp3) is 0.727. The third kappa shape index (κ3) is 2.15. The van der Waals surface area contributed by atoms with Gasteiger partial charge in [0.05, 0.1) is 5.69 Å². The molecule has 78 valence electrons. The van der Waals surface area contributed by atoms with Gasteiger partial charge in [-0.1, -0.05) is 6.42 Å². The van der Waals surface area contributed by atoms with Crippen molar-refractivity contribution in [2.75, 3.05) is 0 Å². The van der Waals surface area contributed by atoms with E-state index >= 15 is 0 Å². The topological polar surface area (TPSA) is 29.9 Å². The van der Waals surface area contributed by atoms with Crippen LogP contribution in [0.15, 0.2) is 12.3 Å². The van der Waals surface area contributed by atoms with Crippen molar-refractivity contribution in [3.63, 3.8) is 0 Å². The molecule has 0 amide bonds. The normalized spacial score (nSPS) is 19.3. The summed E-state index contributed by atoms with van der Waals surface area (Å²) in [7, 11) is 1.96. The lowest BCUT2D eigenvalue weighted by atomic mass is 9.80. The molecule has 0 aliphatic heterocycles. The van der Waals surface area contributed by atoms with Crippen LogP contribution in [0, 0.1) is 5.92 Å². The van der Waals surface area contributed by atoms with E-state index in [1.165, 1.54) is 19.3 Å². The molecule has 3 nitrogen and oxygen atoms in total. The first-order valence-electron chi connectivity index (χ1n) is 5.47. The van der Waals surface area contributed by atoms with Gasteiger partial charge < -0.3 is 5.32 Å². The minimum Gasteiger partial charge on any atom is -0.308 e. The molecule has 14 heavy (non-hydrogen) atoms. The Kier molecular flexibility index (Phi) is 2.87. The standard InChI is InChI=1S/C11H19N3/c1-9(10-4-3-5-10)12-8-11-6-7-14(2)13-11/h6-7,9-10,12H,3-5,8H2,1-2H3. The Morgan fingerprint density at radius 2 is 2.43 bits per heavy atom. The van der Waals surface area contributed by atoms with E-state index in [0.717, 1.165) is 18.2 Å². The van der Waals surface area contributed by atoms with E-state index < -0.39 is 0 Å². The number of rotatable bonds is 4. The monoisotopic (exact) mass is 193 g/mol. The van der Waals surface area contributed by atoms with Crippen molar-refractivity contribution in [3.8, 4) is 0 Å². The molecule has 3 heteroatoms. The lowest BCUT2D eigenvalue weighted by Gasteiger charge is -2.31. The summed E-state index contributed by atoms with van der Waals surface area (Å²) < 4.78 is 1.85. The van der Waals surface area contributed by atoms with Crippen LogP contribution >= 0.6 is 0 Å². The highest BCUT2D eigenvalue weighted by molar-refractivity contribution is 4.98. The van der Waals surface area contributed by atoms with Crippen LogP contribution < -0.4 is 5.32 Å². The lowest BCUT2D eigenvalue weighted by Crippen LogP contribution is -2.36. The van der Waals surface area contributed by atoms with Gasteiger partial charge in [0.1, 0.15) is 0 Å². The van der Waals surface area contributed by atoms with Crippen molar-refractivity contribution in [3.05, 3.63) is 18.0 Å². The van der Waals surface area contributed by atoms with E-state index in [1.54, 1.807) is 0 Å². The molecule has 0 radical (unpaired) electrons. The van der Waals surface area contributed by atoms with Crippen LogP contribution in [0.2, 0.25) is 0 Å². The zero-order chi connectivity index (χ0) is 9.97. The van der Waals surface area contributed by atoms with Gasteiger partial charge in [-0.25, -0.2) is 0 Å². The number of aryl methyl sites for hydroxylation is 1. The van der Waals surface area contributed by atoms with Crippen molar-refractivity contribution in [2.24, 2.45) is 13.0 Å². The summed E-state index contributed by atoms with van der Waals surface area (Å²) in [6.45, 7) is 3.19.